The number of hydrogen-bond acceptors (Lipinski definition) is 6. The zero-order chi connectivity index (χ0) is 25.2. The van der Waals surface area contributed by atoms with Crippen molar-refractivity contribution >= 4 is 11.9 Å². The van der Waals surface area contributed by atoms with Gasteiger partial charge in [0.15, 0.2) is 0 Å². The molecule has 5 rings (SSSR count). The molecule has 1 amide bonds. The molecule has 2 aliphatic rings. The normalized spacial score (nSPS) is 16.0. The SMILES string of the molecule is COc1ccc(Oc2nc(N3CCC(C)CC3)nc3c2CN(C(=O)c2c(F)cccc2F)CC3)cc1. The molecule has 1 saturated heterocycles. The zero-order valence-electron chi connectivity index (χ0n) is 20.3. The second-order valence-corrected chi connectivity index (χ2v) is 9.27. The highest BCUT2D eigenvalue weighted by Gasteiger charge is 2.31. The highest BCUT2D eigenvalue weighted by molar-refractivity contribution is 5.95. The van der Waals surface area contributed by atoms with Gasteiger partial charge in [-0.3, -0.25) is 4.79 Å². The number of anilines is 1. The van der Waals surface area contributed by atoms with Crippen molar-refractivity contribution in [1.82, 2.24) is 14.9 Å². The third-order valence-electron chi connectivity index (χ3n) is 6.81. The molecule has 1 aromatic heterocycles. The second-order valence-electron chi connectivity index (χ2n) is 9.27. The van der Waals surface area contributed by atoms with Gasteiger partial charge in [0.1, 0.15) is 28.7 Å². The summed E-state index contributed by atoms with van der Waals surface area (Å²) in [4.78, 5) is 26.2. The first kappa shape index (κ1) is 24.0. The van der Waals surface area contributed by atoms with Crippen LogP contribution in [0, 0.1) is 17.6 Å². The number of amides is 1. The number of ether oxygens (including phenoxy) is 2. The van der Waals surface area contributed by atoms with Crippen LogP contribution in [0.1, 0.15) is 41.4 Å². The standard InChI is InChI=1S/C27H28F2N4O3/c1-17-10-13-32(14-11-17)27-30-23-12-15-33(26(34)24-21(28)4-3-5-22(24)29)16-20(23)25(31-27)36-19-8-6-18(35-2)7-9-19/h3-9,17H,10-16H2,1-2H3. The number of piperidine rings is 1. The molecule has 7 nitrogen and oxygen atoms in total. The van der Waals surface area contributed by atoms with Crippen LogP contribution in [-0.2, 0) is 13.0 Å². The average Bonchev–Trinajstić information content (AvgIpc) is 2.89. The van der Waals surface area contributed by atoms with Gasteiger partial charge in [-0.05, 0) is 55.2 Å². The molecular formula is C27H28F2N4O3. The number of methoxy groups -OCH3 is 1. The fourth-order valence-corrected chi connectivity index (χ4v) is 4.59. The van der Waals surface area contributed by atoms with Gasteiger partial charge < -0.3 is 19.3 Å². The van der Waals surface area contributed by atoms with E-state index in [4.69, 9.17) is 19.4 Å². The first-order chi connectivity index (χ1) is 17.4. The van der Waals surface area contributed by atoms with Crippen LogP contribution < -0.4 is 14.4 Å². The molecule has 0 saturated carbocycles. The first-order valence-electron chi connectivity index (χ1n) is 12.1. The van der Waals surface area contributed by atoms with Crippen LogP contribution in [0.5, 0.6) is 17.4 Å². The van der Waals surface area contributed by atoms with E-state index in [2.05, 4.69) is 11.8 Å². The molecule has 188 valence electrons. The summed E-state index contributed by atoms with van der Waals surface area (Å²) < 4.78 is 40.0. The third kappa shape index (κ3) is 4.82. The largest absolute Gasteiger partial charge is 0.497 e. The molecule has 0 N–H and O–H groups in total. The summed E-state index contributed by atoms with van der Waals surface area (Å²) in [6.07, 6.45) is 2.55. The molecule has 3 aromatic rings. The zero-order valence-corrected chi connectivity index (χ0v) is 20.3. The second kappa shape index (κ2) is 10.1. The van der Waals surface area contributed by atoms with Gasteiger partial charge in [-0.15, -0.1) is 0 Å². The molecule has 0 radical (unpaired) electrons. The Balaban J connectivity index is 1.48. The monoisotopic (exact) mass is 494 g/mol. The Bertz CT molecular complexity index is 1240. The number of benzene rings is 2. The highest BCUT2D eigenvalue weighted by atomic mass is 19.1. The number of hydrogen-bond donors (Lipinski definition) is 0. The van der Waals surface area contributed by atoms with E-state index in [0.29, 0.717) is 41.2 Å². The molecule has 0 bridgehead atoms. The molecular weight excluding hydrogens is 466 g/mol. The predicted molar refractivity (Wildman–Crippen MR) is 131 cm³/mol. The lowest BCUT2D eigenvalue weighted by Gasteiger charge is -2.33. The van der Waals surface area contributed by atoms with E-state index in [1.54, 1.807) is 31.4 Å². The number of fused-ring (bicyclic) bond motifs is 1. The summed E-state index contributed by atoms with van der Waals surface area (Å²) in [5.74, 6) is 0.373. The number of rotatable bonds is 5. The third-order valence-corrected chi connectivity index (χ3v) is 6.81. The molecule has 9 heteroatoms. The van der Waals surface area contributed by atoms with E-state index in [0.717, 1.165) is 43.8 Å². The summed E-state index contributed by atoms with van der Waals surface area (Å²) in [5, 5.41) is 0. The van der Waals surface area contributed by atoms with Gasteiger partial charge in [-0.2, -0.15) is 4.98 Å². The van der Waals surface area contributed by atoms with E-state index in [9.17, 15) is 13.6 Å². The number of aromatic nitrogens is 2. The van der Waals surface area contributed by atoms with Crippen LogP contribution in [0.3, 0.4) is 0 Å². The fourth-order valence-electron chi connectivity index (χ4n) is 4.59. The van der Waals surface area contributed by atoms with Gasteiger partial charge in [0.05, 0.1) is 24.9 Å². The smallest absolute Gasteiger partial charge is 0.260 e. The first-order valence-corrected chi connectivity index (χ1v) is 12.1. The maximum Gasteiger partial charge on any atom is 0.260 e. The van der Waals surface area contributed by atoms with Crippen LogP contribution >= 0.6 is 0 Å². The Morgan fingerprint density at radius 2 is 1.64 bits per heavy atom. The summed E-state index contributed by atoms with van der Waals surface area (Å²) in [5.41, 5.74) is 0.857. The minimum Gasteiger partial charge on any atom is -0.497 e. The molecule has 0 spiro atoms. The van der Waals surface area contributed by atoms with Crippen LogP contribution in [-0.4, -0.2) is 47.5 Å². The van der Waals surface area contributed by atoms with Crippen molar-refractivity contribution in [2.75, 3.05) is 31.6 Å². The molecule has 36 heavy (non-hydrogen) atoms. The van der Waals surface area contributed by atoms with E-state index in [1.165, 1.54) is 11.0 Å². The van der Waals surface area contributed by atoms with Crippen LogP contribution in [0.2, 0.25) is 0 Å². The maximum absolute atomic E-state index is 14.3. The molecule has 3 heterocycles. The van der Waals surface area contributed by atoms with E-state index in [1.807, 2.05) is 0 Å². The predicted octanol–water partition coefficient (Wildman–Crippen LogP) is 4.99. The minimum atomic E-state index is -0.883. The van der Waals surface area contributed by atoms with E-state index < -0.39 is 23.1 Å². The Kier molecular flexibility index (Phi) is 6.71. The topological polar surface area (TPSA) is 67.8 Å². The van der Waals surface area contributed by atoms with Crippen molar-refractivity contribution in [3.63, 3.8) is 0 Å². The molecule has 2 aliphatic heterocycles. The lowest BCUT2D eigenvalue weighted by molar-refractivity contribution is 0.0722. The number of carbonyl (C=O) groups excluding carboxylic acids is 1. The van der Waals surface area contributed by atoms with Crippen LogP contribution in [0.15, 0.2) is 42.5 Å². The van der Waals surface area contributed by atoms with Crippen LogP contribution in [0.25, 0.3) is 0 Å². The molecule has 2 aromatic carbocycles. The summed E-state index contributed by atoms with van der Waals surface area (Å²) in [7, 11) is 1.59. The molecule has 0 aliphatic carbocycles. The average molecular weight is 495 g/mol. The van der Waals surface area contributed by atoms with Gasteiger partial charge in [-0.25, -0.2) is 13.8 Å². The van der Waals surface area contributed by atoms with Crippen molar-refractivity contribution in [2.24, 2.45) is 5.92 Å². The Labute approximate surface area is 208 Å². The van der Waals surface area contributed by atoms with Crippen molar-refractivity contribution in [3.05, 3.63) is 70.9 Å². The lowest BCUT2D eigenvalue weighted by Crippen LogP contribution is -2.39. The van der Waals surface area contributed by atoms with Crippen molar-refractivity contribution in [2.45, 2.75) is 32.7 Å². The van der Waals surface area contributed by atoms with Crippen molar-refractivity contribution < 1.29 is 23.0 Å². The lowest BCUT2D eigenvalue weighted by atomic mass is 9.99. The number of carbonyl (C=O) groups is 1. The fraction of sp³-hybridized carbons (Fsp3) is 0.370. The molecule has 0 unspecified atom stereocenters. The van der Waals surface area contributed by atoms with Gasteiger partial charge in [0.2, 0.25) is 11.8 Å². The van der Waals surface area contributed by atoms with E-state index >= 15 is 0 Å². The summed E-state index contributed by atoms with van der Waals surface area (Å²) in [6, 6.07) is 10.5. The van der Waals surface area contributed by atoms with Gasteiger partial charge in [-0.1, -0.05) is 13.0 Å². The van der Waals surface area contributed by atoms with Crippen molar-refractivity contribution in [1.29, 1.82) is 0 Å². The maximum atomic E-state index is 14.3. The Morgan fingerprint density at radius 1 is 0.972 bits per heavy atom. The Morgan fingerprint density at radius 3 is 2.31 bits per heavy atom. The number of halogens is 2. The quantitative estimate of drug-likeness (QED) is 0.498. The minimum absolute atomic E-state index is 0.0880. The Hall–Kier alpha value is -3.75. The summed E-state index contributed by atoms with van der Waals surface area (Å²) >= 11 is 0. The van der Waals surface area contributed by atoms with Crippen molar-refractivity contribution in [3.8, 4) is 17.4 Å². The van der Waals surface area contributed by atoms with Gasteiger partial charge in [0.25, 0.3) is 5.91 Å². The van der Waals surface area contributed by atoms with Crippen LogP contribution in [0.4, 0.5) is 14.7 Å². The summed E-state index contributed by atoms with van der Waals surface area (Å²) in [6.45, 7) is 4.34. The molecule has 1 fully saturated rings. The molecule has 0 atom stereocenters. The highest BCUT2D eigenvalue weighted by Crippen LogP contribution is 2.33. The number of nitrogens with zero attached hydrogens (tertiary/aromatic N) is 4. The van der Waals surface area contributed by atoms with Gasteiger partial charge >= 0.3 is 0 Å². The van der Waals surface area contributed by atoms with Gasteiger partial charge in [0, 0.05) is 26.1 Å². The van der Waals surface area contributed by atoms with E-state index in [-0.39, 0.29) is 13.1 Å².